The molecule has 0 bridgehead atoms. The van der Waals surface area contributed by atoms with Gasteiger partial charge in [0.05, 0.1) is 0 Å². The van der Waals surface area contributed by atoms with E-state index >= 15 is 0 Å². The van der Waals surface area contributed by atoms with Crippen LogP contribution in [0.1, 0.15) is 23.5 Å². The molecule has 76 valence electrons. The Morgan fingerprint density at radius 2 is 2.40 bits per heavy atom. The average molecular weight is 199 g/mol. The summed E-state index contributed by atoms with van der Waals surface area (Å²) in [5, 5.41) is 0. The van der Waals surface area contributed by atoms with Crippen molar-refractivity contribution in [2.24, 2.45) is 5.92 Å². The molecular weight excluding hydrogens is 186 g/mol. The van der Waals surface area contributed by atoms with Crippen molar-refractivity contribution in [3.05, 3.63) is 29.6 Å². The van der Waals surface area contributed by atoms with Gasteiger partial charge in [-0.15, -0.1) is 6.42 Å². The Morgan fingerprint density at radius 1 is 1.47 bits per heavy atom. The van der Waals surface area contributed by atoms with E-state index in [1.807, 2.05) is 6.20 Å². The van der Waals surface area contributed by atoms with Gasteiger partial charge >= 0.3 is 0 Å². The van der Waals surface area contributed by atoms with Crippen molar-refractivity contribution in [1.82, 2.24) is 15.8 Å². The minimum atomic E-state index is 0.569. The summed E-state index contributed by atoms with van der Waals surface area (Å²) in [6.45, 7) is 1.09. The van der Waals surface area contributed by atoms with Crippen LogP contribution in [0.2, 0.25) is 0 Å². The fourth-order valence-electron chi connectivity index (χ4n) is 2.57. The van der Waals surface area contributed by atoms with E-state index < -0.39 is 0 Å². The van der Waals surface area contributed by atoms with Gasteiger partial charge in [-0.3, -0.25) is 15.8 Å². The first-order chi connectivity index (χ1) is 7.38. The third kappa shape index (κ3) is 1.34. The van der Waals surface area contributed by atoms with E-state index in [0.717, 1.165) is 18.0 Å². The third-order valence-corrected chi connectivity index (χ3v) is 3.49. The zero-order valence-corrected chi connectivity index (χ0v) is 8.40. The highest BCUT2D eigenvalue weighted by Crippen LogP contribution is 2.43. The van der Waals surface area contributed by atoms with Gasteiger partial charge in [0, 0.05) is 36.5 Å². The predicted molar refractivity (Wildman–Crippen MR) is 57.9 cm³/mol. The highest BCUT2D eigenvalue weighted by atomic mass is 15.4. The fourth-order valence-corrected chi connectivity index (χ4v) is 2.57. The molecule has 0 amide bonds. The number of pyridine rings is 1. The molecular formula is C12H13N3. The molecule has 2 heterocycles. The van der Waals surface area contributed by atoms with Crippen LogP contribution in [0.15, 0.2) is 18.5 Å². The number of rotatable bonds is 1. The minimum absolute atomic E-state index is 0.569. The van der Waals surface area contributed by atoms with Gasteiger partial charge in [0.1, 0.15) is 0 Å². The summed E-state index contributed by atoms with van der Waals surface area (Å²) < 4.78 is 0. The fraction of sp³-hybridized carbons (Fsp3) is 0.417. The molecule has 0 spiro atoms. The molecule has 1 aliphatic heterocycles. The number of hydrogen-bond donors (Lipinski definition) is 2. The largest absolute Gasteiger partial charge is 0.263 e. The molecule has 3 rings (SSSR count). The summed E-state index contributed by atoms with van der Waals surface area (Å²) in [4.78, 5) is 4.18. The van der Waals surface area contributed by atoms with E-state index in [2.05, 4.69) is 27.8 Å². The Morgan fingerprint density at radius 3 is 3.20 bits per heavy atom. The zero-order valence-electron chi connectivity index (χ0n) is 8.40. The summed E-state index contributed by atoms with van der Waals surface area (Å²) in [5.41, 5.74) is 8.66. The average Bonchev–Trinajstić information content (AvgIpc) is 2.61. The molecule has 1 aromatic heterocycles. The second kappa shape index (κ2) is 3.34. The summed E-state index contributed by atoms with van der Waals surface area (Å²) in [7, 11) is 0. The molecule has 2 aliphatic rings. The smallest absolute Gasteiger partial charge is 0.0428 e. The van der Waals surface area contributed by atoms with Crippen LogP contribution in [-0.2, 0) is 0 Å². The monoisotopic (exact) mass is 199 g/mol. The Bertz CT molecular complexity index is 421. The summed E-state index contributed by atoms with van der Waals surface area (Å²) in [6.07, 6.45) is 10.3. The molecule has 1 aliphatic carbocycles. The van der Waals surface area contributed by atoms with Gasteiger partial charge in [-0.2, -0.15) is 0 Å². The lowest BCUT2D eigenvalue weighted by Crippen LogP contribution is -2.45. The quantitative estimate of drug-likeness (QED) is 0.652. The van der Waals surface area contributed by atoms with Crippen molar-refractivity contribution in [2.45, 2.75) is 18.4 Å². The lowest BCUT2D eigenvalue weighted by atomic mass is 9.68. The van der Waals surface area contributed by atoms with E-state index in [1.165, 1.54) is 12.0 Å². The number of hydrazine groups is 1. The highest BCUT2D eigenvalue weighted by Gasteiger charge is 2.44. The Balaban J connectivity index is 1.85. The molecule has 0 aromatic carbocycles. The van der Waals surface area contributed by atoms with Crippen molar-refractivity contribution >= 4 is 0 Å². The van der Waals surface area contributed by atoms with Gasteiger partial charge in [-0.25, -0.2) is 0 Å². The Kier molecular flexibility index (Phi) is 1.98. The Labute approximate surface area is 89.3 Å². The molecule has 2 fully saturated rings. The Hall–Kier alpha value is -1.37. The second-order valence-corrected chi connectivity index (χ2v) is 4.30. The van der Waals surface area contributed by atoms with E-state index in [0.29, 0.717) is 12.0 Å². The molecule has 1 saturated heterocycles. The van der Waals surface area contributed by atoms with Crippen molar-refractivity contribution in [3.8, 4) is 12.3 Å². The van der Waals surface area contributed by atoms with Crippen LogP contribution >= 0.6 is 0 Å². The van der Waals surface area contributed by atoms with Crippen LogP contribution in [0.5, 0.6) is 0 Å². The van der Waals surface area contributed by atoms with E-state index in [9.17, 15) is 0 Å². The molecule has 0 radical (unpaired) electrons. The van der Waals surface area contributed by atoms with Crippen LogP contribution in [0.25, 0.3) is 0 Å². The molecule has 3 atom stereocenters. The van der Waals surface area contributed by atoms with Crippen molar-refractivity contribution in [1.29, 1.82) is 0 Å². The second-order valence-electron chi connectivity index (χ2n) is 4.30. The molecule has 15 heavy (non-hydrogen) atoms. The maximum absolute atomic E-state index is 5.37. The van der Waals surface area contributed by atoms with E-state index in [-0.39, 0.29) is 0 Å². The summed E-state index contributed by atoms with van der Waals surface area (Å²) >= 11 is 0. The maximum atomic E-state index is 5.37. The third-order valence-electron chi connectivity index (χ3n) is 3.49. The van der Waals surface area contributed by atoms with Crippen LogP contribution in [-0.4, -0.2) is 17.6 Å². The topological polar surface area (TPSA) is 37.0 Å². The predicted octanol–water partition coefficient (Wildman–Crippen LogP) is 0.643. The van der Waals surface area contributed by atoms with Crippen LogP contribution in [0.3, 0.4) is 0 Å². The van der Waals surface area contributed by atoms with Crippen molar-refractivity contribution < 1.29 is 0 Å². The number of terminal acetylenes is 1. The van der Waals surface area contributed by atoms with E-state index in [1.54, 1.807) is 6.20 Å². The lowest BCUT2D eigenvalue weighted by Gasteiger charge is -2.39. The minimum Gasteiger partial charge on any atom is -0.263 e. The van der Waals surface area contributed by atoms with E-state index in [4.69, 9.17) is 6.42 Å². The van der Waals surface area contributed by atoms with Crippen LogP contribution < -0.4 is 10.9 Å². The normalized spacial score (nSPS) is 32.9. The number of hydrogen-bond acceptors (Lipinski definition) is 3. The number of aromatic nitrogens is 1. The van der Waals surface area contributed by atoms with Gasteiger partial charge in [-0.05, 0) is 24.0 Å². The lowest BCUT2D eigenvalue weighted by molar-refractivity contribution is 0.233. The molecule has 3 heteroatoms. The van der Waals surface area contributed by atoms with Gasteiger partial charge in [0.15, 0.2) is 0 Å². The summed E-state index contributed by atoms with van der Waals surface area (Å²) in [6, 6.07) is 2.65. The number of fused-ring (bicyclic) bond motifs is 1. The first kappa shape index (κ1) is 8.90. The van der Waals surface area contributed by atoms with Gasteiger partial charge in [0.2, 0.25) is 0 Å². The van der Waals surface area contributed by atoms with Gasteiger partial charge in [-0.1, -0.05) is 5.92 Å². The first-order valence-electron chi connectivity index (χ1n) is 5.28. The summed E-state index contributed by atoms with van der Waals surface area (Å²) in [5.74, 6) is 3.99. The molecule has 2 N–H and O–H groups in total. The van der Waals surface area contributed by atoms with Crippen LogP contribution in [0, 0.1) is 18.3 Å². The number of nitrogens with one attached hydrogen (secondary N) is 2. The van der Waals surface area contributed by atoms with Crippen molar-refractivity contribution in [3.63, 3.8) is 0 Å². The van der Waals surface area contributed by atoms with Crippen LogP contribution in [0.4, 0.5) is 0 Å². The number of nitrogens with zero attached hydrogens (tertiary/aromatic N) is 1. The van der Waals surface area contributed by atoms with Gasteiger partial charge in [0.25, 0.3) is 0 Å². The first-order valence-corrected chi connectivity index (χ1v) is 5.28. The van der Waals surface area contributed by atoms with Crippen molar-refractivity contribution in [2.75, 3.05) is 6.54 Å². The van der Waals surface area contributed by atoms with Gasteiger partial charge < -0.3 is 0 Å². The molecule has 1 unspecified atom stereocenters. The highest BCUT2D eigenvalue weighted by molar-refractivity contribution is 5.35. The SMILES string of the molecule is C#Cc1cncc(C2C[C@H]3CNN[C@H]23)c1. The maximum Gasteiger partial charge on any atom is 0.0428 e. The standard InChI is InChI=1S/C12H13N3/c1-2-8-3-9(6-13-5-8)11-4-10-7-14-15-12(10)11/h1,3,5-6,10-12,14-15H,4,7H2/t10-,11?,12-/m0/s1. The molecule has 3 nitrogen and oxygen atoms in total. The molecule has 1 saturated carbocycles. The zero-order chi connectivity index (χ0) is 10.3. The molecule has 1 aromatic rings.